The minimum atomic E-state index is -0.338. The van der Waals surface area contributed by atoms with Crippen LogP contribution in [0.4, 0.5) is 8.78 Å². The van der Waals surface area contributed by atoms with Crippen LogP contribution in [0.2, 0.25) is 0 Å². The molecule has 0 aliphatic heterocycles. The quantitative estimate of drug-likeness (QED) is 0.527. The van der Waals surface area contributed by atoms with E-state index in [2.05, 4.69) is 20.2 Å². The summed E-state index contributed by atoms with van der Waals surface area (Å²) in [6.45, 7) is 5.27. The average Bonchev–Trinajstić information content (AvgIpc) is 3.12. The molecule has 0 saturated heterocycles. The molecule has 4 rings (SSSR count). The summed E-state index contributed by atoms with van der Waals surface area (Å²) in [6, 6.07) is 8.13. The summed E-state index contributed by atoms with van der Waals surface area (Å²) in [5.74, 6) is -0.107. The van der Waals surface area contributed by atoms with Gasteiger partial charge in [0.05, 0.1) is 28.5 Å². The molecule has 0 radical (unpaired) electrons. The zero-order chi connectivity index (χ0) is 20.7. The van der Waals surface area contributed by atoms with Crippen molar-refractivity contribution in [3.63, 3.8) is 0 Å². The molecule has 0 unspecified atom stereocenters. The molecule has 0 fully saturated rings. The Morgan fingerprint density at radius 1 is 0.966 bits per heavy atom. The zero-order valence-electron chi connectivity index (χ0n) is 16.6. The van der Waals surface area contributed by atoms with Crippen molar-refractivity contribution in [2.75, 3.05) is 0 Å². The predicted molar refractivity (Wildman–Crippen MR) is 105 cm³/mol. The summed E-state index contributed by atoms with van der Waals surface area (Å²) >= 11 is 0. The van der Waals surface area contributed by atoms with Gasteiger partial charge in [-0.15, -0.1) is 0 Å². The van der Waals surface area contributed by atoms with E-state index in [-0.39, 0.29) is 11.6 Å². The Morgan fingerprint density at radius 3 is 2.34 bits per heavy atom. The summed E-state index contributed by atoms with van der Waals surface area (Å²) in [4.78, 5) is 8.57. The molecule has 0 aliphatic rings. The van der Waals surface area contributed by atoms with Gasteiger partial charge in [0.2, 0.25) is 0 Å². The predicted octanol–water partition coefficient (Wildman–Crippen LogP) is 3.86. The third kappa shape index (κ3) is 3.41. The van der Waals surface area contributed by atoms with Gasteiger partial charge in [0, 0.05) is 25.1 Å². The van der Waals surface area contributed by atoms with Crippen LogP contribution >= 0.6 is 0 Å². The van der Waals surface area contributed by atoms with E-state index in [0.717, 1.165) is 28.2 Å². The lowest BCUT2D eigenvalue weighted by molar-refractivity contribution is 0.607. The van der Waals surface area contributed by atoms with Crippen LogP contribution in [0.1, 0.15) is 28.3 Å². The van der Waals surface area contributed by atoms with Crippen molar-refractivity contribution in [1.82, 2.24) is 29.5 Å². The molecule has 1 aromatic carbocycles. The fourth-order valence-corrected chi connectivity index (χ4v) is 3.48. The highest BCUT2D eigenvalue weighted by molar-refractivity contribution is 5.64. The second-order valence-corrected chi connectivity index (χ2v) is 6.99. The van der Waals surface area contributed by atoms with Crippen LogP contribution in [-0.2, 0) is 13.5 Å². The number of nitrogens with zero attached hydrogens (tertiary/aromatic N) is 6. The van der Waals surface area contributed by atoms with E-state index in [1.807, 2.05) is 14.0 Å². The third-order valence-electron chi connectivity index (χ3n) is 4.98. The van der Waals surface area contributed by atoms with E-state index < -0.39 is 0 Å². The minimum absolute atomic E-state index is 0.275. The molecule has 4 aromatic rings. The molecule has 0 N–H and O–H groups in total. The Balaban J connectivity index is 1.68. The normalized spacial score (nSPS) is 11.2. The number of hydrogen-bond acceptors (Lipinski definition) is 4. The summed E-state index contributed by atoms with van der Waals surface area (Å²) < 4.78 is 30.5. The summed E-state index contributed by atoms with van der Waals surface area (Å²) in [7, 11) is 1.86. The molecule has 3 aromatic heterocycles. The molecule has 0 saturated carbocycles. The lowest BCUT2D eigenvalue weighted by Gasteiger charge is -2.05. The maximum atomic E-state index is 14.0. The number of hydrogen-bond donors (Lipinski definition) is 0. The van der Waals surface area contributed by atoms with Crippen LogP contribution < -0.4 is 0 Å². The van der Waals surface area contributed by atoms with Crippen LogP contribution in [0.5, 0.6) is 0 Å². The molecular weight excluding hydrogens is 374 g/mol. The first kappa shape index (κ1) is 18.9. The van der Waals surface area contributed by atoms with Crippen LogP contribution in [-0.4, -0.2) is 29.5 Å². The minimum Gasteiger partial charge on any atom is -0.267 e. The fourth-order valence-electron chi connectivity index (χ4n) is 3.48. The van der Waals surface area contributed by atoms with Gasteiger partial charge in [-0.2, -0.15) is 10.2 Å². The average molecular weight is 394 g/mol. The Hall–Kier alpha value is -3.42. The van der Waals surface area contributed by atoms with Gasteiger partial charge in [-0.1, -0.05) is 0 Å². The molecular formula is C21H20F2N6. The maximum absolute atomic E-state index is 14.0. The smallest absolute Gasteiger partial charge is 0.167 e. The summed E-state index contributed by atoms with van der Waals surface area (Å²) in [5.41, 5.74) is 5.15. The van der Waals surface area contributed by atoms with E-state index >= 15 is 0 Å². The van der Waals surface area contributed by atoms with Crippen LogP contribution in [0, 0.1) is 32.4 Å². The first-order valence-electron chi connectivity index (χ1n) is 9.16. The third-order valence-corrected chi connectivity index (χ3v) is 4.98. The molecule has 3 heterocycles. The standard InChI is InChI=1S/C21H20F2N6/c1-12-18(27-28(4)21(12)15-5-7-16(22)8-6-15)9-17-10-19(25-11-24-17)29-14(3)20(23)13(2)26-29/h5-8,10-11H,9H2,1-4H3. The fraction of sp³-hybridized carbons (Fsp3) is 0.238. The van der Waals surface area contributed by atoms with Crippen molar-refractivity contribution in [2.45, 2.75) is 27.2 Å². The Labute approximate surface area is 166 Å². The summed E-state index contributed by atoms with van der Waals surface area (Å²) in [6.07, 6.45) is 1.93. The van der Waals surface area contributed by atoms with Gasteiger partial charge >= 0.3 is 0 Å². The number of halogens is 2. The molecule has 148 valence electrons. The first-order chi connectivity index (χ1) is 13.8. The Kier molecular flexibility index (Phi) is 4.70. The molecule has 6 nitrogen and oxygen atoms in total. The van der Waals surface area contributed by atoms with Crippen molar-refractivity contribution < 1.29 is 8.78 Å². The molecule has 0 spiro atoms. The maximum Gasteiger partial charge on any atom is 0.167 e. The number of benzene rings is 1. The van der Waals surface area contributed by atoms with E-state index in [1.54, 1.807) is 36.7 Å². The zero-order valence-corrected chi connectivity index (χ0v) is 16.6. The van der Waals surface area contributed by atoms with Crippen LogP contribution in [0.15, 0.2) is 36.7 Å². The van der Waals surface area contributed by atoms with Crippen molar-refractivity contribution >= 4 is 0 Å². The highest BCUT2D eigenvalue weighted by Crippen LogP contribution is 2.26. The van der Waals surface area contributed by atoms with Crippen molar-refractivity contribution in [3.8, 4) is 17.1 Å². The molecule has 29 heavy (non-hydrogen) atoms. The number of aromatic nitrogens is 6. The van der Waals surface area contributed by atoms with Gasteiger partial charge < -0.3 is 0 Å². The van der Waals surface area contributed by atoms with Gasteiger partial charge in [0.1, 0.15) is 12.1 Å². The second-order valence-electron chi connectivity index (χ2n) is 6.99. The van der Waals surface area contributed by atoms with Crippen LogP contribution in [0.3, 0.4) is 0 Å². The van der Waals surface area contributed by atoms with Crippen LogP contribution in [0.25, 0.3) is 17.1 Å². The molecule has 8 heteroatoms. The topological polar surface area (TPSA) is 61.4 Å². The second kappa shape index (κ2) is 7.20. The van der Waals surface area contributed by atoms with E-state index in [0.29, 0.717) is 23.6 Å². The monoisotopic (exact) mass is 394 g/mol. The lowest BCUT2D eigenvalue weighted by Crippen LogP contribution is -2.05. The highest BCUT2D eigenvalue weighted by atomic mass is 19.1. The molecule has 0 aliphatic carbocycles. The Bertz CT molecular complexity index is 1190. The molecule has 0 amide bonds. The largest absolute Gasteiger partial charge is 0.267 e. The first-order valence-corrected chi connectivity index (χ1v) is 9.16. The van der Waals surface area contributed by atoms with Gasteiger partial charge in [0.25, 0.3) is 0 Å². The number of aryl methyl sites for hydroxylation is 2. The lowest BCUT2D eigenvalue weighted by atomic mass is 10.0. The molecule has 0 bridgehead atoms. The van der Waals surface area contributed by atoms with Gasteiger partial charge in [0.15, 0.2) is 11.6 Å². The van der Waals surface area contributed by atoms with Crippen molar-refractivity contribution in [3.05, 3.63) is 76.6 Å². The number of rotatable bonds is 4. The highest BCUT2D eigenvalue weighted by Gasteiger charge is 2.17. The van der Waals surface area contributed by atoms with Crippen molar-refractivity contribution in [1.29, 1.82) is 0 Å². The SMILES string of the molecule is Cc1nn(-c2cc(Cc3nn(C)c(-c4ccc(F)cc4)c3C)ncn2)c(C)c1F. The van der Waals surface area contributed by atoms with E-state index in [4.69, 9.17) is 0 Å². The van der Waals surface area contributed by atoms with E-state index in [1.165, 1.54) is 23.1 Å². The Morgan fingerprint density at radius 2 is 1.69 bits per heavy atom. The molecule has 0 atom stereocenters. The van der Waals surface area contributed by atoms with Gasteiger partial charge in [-0.3, -0.25) is 4.68 Å². The summed E-state index contributed by atoms with van der Waals surface area (Å²) in [5, 5.41) is 8.83. The van der Waals surface area contributed by atoms with Crippen molar-refractivity contribution in [2.24, 2.45) is 7.05 Å². The van der Waals surface area contributed by atoms with Gasteiger partial charge in [-0.05, 0) is 50.6 Å². The van der Waals surface area contributed by atoms with E-state index in [9.17, 15) is 8.78 Å². The van der Waals surface area contributed by atoms with Gasteiger partial charge in [-0.25, -0.2) is 23.4 Å².